The maximum absolute atomic E-state index is 6.43. The molecule has 0 amide bonds. The van der Waals surface area contributed by atoms with E-state index in [0.29, 0.717) is 5.89 Å². The number of benzene rings is 8. The Labute approximate surface area is 317 Å². The topological polar surface area (TPSA) is 55.6 Å². The molecule has 258 valence electrons. The second kappa shape index (κ2) is 11.7. The van der Waals surface area contributed by atoms with Crippen molar-refractivity contribution < 1.29 is 13.3 Å². The fourth-order valence-corrected chi connectivity index (χ4v) is 9.23. The molecule has 55 heavy (non-hydrogen) atoms. The molecular formula is C49H28N2O3S. The third-order valence-electron chi connectivity index (χ3n) is 10.7. The average Bonchev–Trinajstić information content (AvgIpc) is 4.02. The molecule has 0 radical (unpaired) electrons. The molecule has 0 saturated heterocycles. The summed E-state index contributed by atoms with van der Waals surface area (Å²) >= 11 is 1.83. The summed E-state index contributed by atoms with van der Waals surface area (Å²) in [5.41, 5.74) is 11.2. The van der Waals surface area contributed by atoms with Gasteiger partial charge >= 0.3 is 0 Å². The van der Waals surface area contributed by atoms with Gasteiger partial charge in [-0.1, -0.05) is 78.9 Å². The fourth-order valence-electron chi connectivity index (χ4n) is 8.09. The molecule has 0 aliphatic heterocycles. The van der Waals surface area contributed by atoms with Crippen LogP contribution in [-0.4, -0.2) is 4.98 Å². The van der Waals surface area contributed by atoms with Crippen LogP contribution in [0.2, 0.25) is 0 Å². The van der Waals surface area contributed by atoms with Gasteiger partial charge in [0.2, 0.25) is 5.89 Å². The molecule has 4 heterocycles. The first-order valence-electron chi connectivity index (χ1n) is 18.3. The summed E-state index contributed by atoms with van der Waals surface area (Å²) in [6, 6.07) is 59.3. The highest BCUT2D eigenvalue weighted by Crippen LogP contribution is 2.43. The average molecular weight is 725 g/mol. The normalized spacial score (nSPS) is 12.0. The van der Waals surface area contributed by atoms with Gasteiger partial charge in [-0.05, 0) is 102 Å². The third kappa shape index (κ3) is 4.75. The first kappa shape index (κ1) is 30.3. The molecule has 12 rings (SSSR count). The van der Waals surface area contributed by atoms with Crippen molar-refractivity contribution in [3.8, 4) is 22.6 Å². The Balaban J connectivity index is 0.961. The Hall–Kier alpha value is -7.15. The summed E-state index contributed by atoms with van der Waals surface area (Å²) < 4.78 is 21.5. The maximum Gasteiger partial charge on any atom is 0.227 e. The van der Waals surface area contributed by atoms with Crippen molar-refractivity contribution in [1.82, 2.24) is 4.98 Å². The number of anilines is 3. The van der Waals surface area contributed by atoms with Gasteiger partial charge < -0.3 is 18.2 Å². The van der Waals surface area contributed by atoms with E-state index in [1.54, 1.807) is 0 Å². The predicted molar refractivity (Wildman–Crippen MR) is 227 cm³/mol. The fraction of sp³-hybridized carbons (Fsp3) is 0. The quantitative estimate of drug-likeness (QED) is 0.177. The lowest BCUT2D eigenvalue weighted by Gasteiger charge is -2.26. The lowest BCUT2D eigenvalue weighted by atomic mass is 10.0. The van der Waals surface area contributed by atoms with Crippen molar-refractivity contribution >= 4 is 104 Å². The molecule has 12 aromatic rings. The molecule has 0 saturated carbocycles. The van der Waals surface area contributed by atoms with Crippen LogP contribution in [0.3, 0.4) is 0 Å². The number of oxazole rings is 1. The van der Waals surface area contributed by atoms with Gasteiger partial charge in [-0.3, -0.25) is 0 Å². The van der Waals surface area contributed by atoms with Crippen LogP contribution in [0, 0.1) is 0 Å². The minimum Gasteiger partial charge on any atom is -0.456 e. The van der Waals surface area contributed by atoms with Crippen molar-refractivity contribution in [3.05, 3.63) is 170 Å². The zero-order valence-electron chi connectivity index (χ0n) is 29.2. The highest BCUT2D eigenvalue weighted by Gasteiger charge is 2.19. The second-order valence-corrected chi connectivity index (χ2v) is 15.0. The monoisotopic (exact) mass is 724 g/mol. The molecular weight excluding hydrogens is 697 g/mol. The summed E-state index contributed by atoms with van der Waals surface area (Å²) in [5, 5.41) is 6.71. The van der Waals surface area contributed by atoms with E-state index in [0.717, 1.165) is 88.7 Å². The lowest BCUT2D eigenvalue weighted by Crippen LogP contribution is -2.09. The Bertz CT molecular complexity index is 3440. The van der Waals surface area contributed by atoms with E-state index in [2.05, 4.69) is 120 Å². The summed E-state index contributed by atoms with van der Waals surface area (Å²) in [4.78, 5) is 7.12. The maximum atomic E-state index is 6.43. The van der Waals surface area contributed by atoms with Crippen molar-refractivity contribution in [3.63, 3.8) is 0 Å². The molecule has 0 aliphatic carbocycles. The Kier molecular flexibility index (Phi) is 6.44. The molecule has 0 bridgehead atoms. The van der Waals surface area contributed by atoms with Crippen molar-refractivity contribution in [2.24, 2.45) is 0 Å². The number of hydrogen-bond donors (Lipinski definition) is 0. The SMILES string of the molecule is c1ccc(-c2nc3ccc4oc5cc(-c6ccc(N(c7ccc8c(c7)sc7ccccc78)c7ccc8oc9ccccc9c8c7)cc6)ccc5c4c3o2)cc1. The highest BCUT2D eigenvalue weighted by atomic mass is 32.1. The Morgan fingerprint density at radius 2 is 1.07 bits per heavy atom. The van der Waals surface area contributed by atoms with E-state index >= 15 is 0 Å². The number of furan rings is 2. The van der Waals surface area contributed by atoms with Crippen molar-refractivity contribution in [2.75, 3.05) is 4.90 Å². The number of aromatic nitrogens is 1. The summed E-state index contributed by atoms with van der Waals surface area (Å²) in [6.45, 7) is 0. The number of rotatable bonds is 5. The van der Waals surface area contributed by atoms with Crippen LogP contribution < -0.4 is 4.90 Å². The van der Waals surface area contributed by atoms with E-state index in [4.69, 9.17) is 18.2 Å². The van der Waals surface area contributed by atoms with Gasteiger partial charge in [0.1, 0.15) is 27.8 Å². The van der Waals surface area contributed by atoms with E-state index < -0.39 is 0 Å². The van der Waals surface area contributed by atoms with E-state index in [-0.39, 0.29) is 0 Å². The number of nitrogens with zero attached hydrogens (tertiary/aromatic N) is 2. The van der Waals surface area contributed by atoms with Gasteiger partial charge in [-0.2, -0.15) is 0 Å². The number of para-hydroxylation sites is 1. The molecule has 0 fully saturated rings. The van der Waals surface area contributed by atoms with Gasteiger partial charge in [-0.25, -0.2) is 4.98 Å². The predicted octanol–water partition coefficient (Wildman–Crippen LogP) is 14.8. The zero-order valence-corrected chi connectivity index (χ0v) is 30.0. The third-order valence-corrected chi connectivity index (χ3v) is 11.8. The van der Waals surface area contributed by atoms with Gasteiger partial charge in [0.15, 0.2) is 5.58 Å². The van der Waals surface area contributed by atoms with Crippen LogP contribution >= 0.6 is 11.3 Å². The number of fused-ring (bicyclic) bond motifs is 11. The molecule has 0 unspecified atom stereocenters. The lowest BCUT2D eigenvalue weighted by molar-refractivity contribution is 0.622. The number of hydrogen-bond acceptors (Lipinski definition) is 6. The zero-order chi connectivity index (χ0) is 36.0. The van der Waals surface area contributed by atoms with Gasteiger partial charge in [0.25, 0.3) is 0 Å². The second-order valence-electron chi connectivity index (χ2n) is 13.9. The van der Waals surface area contributed by atoms with Crippen LogP contribution in [-0.2, 0) is 0 Å². The summed E-state index contributed by atoms with van der Waals surface area (Å²) in [5.74, 6) is 0.602. The molecule has 0 atom stereocenters. The highest BCUT2D eigenvalue weighted by molar-refractivity contribution is 7.25. The smallest absolute Gasteiger partial charge is 0.227 e. The molecule has 0 N–H and O–H groups in total. The first-order chi connectivity index (χ1) is 27.2. The van der Waals surface area contributed by atoms with Gasteiger partial charge in [-0.15, -0.1) is 11.3 Å². The summed E-state index contributed by atoms with van der Waals surface area (Å²) in [7, 11) is 0. The van der Waals surface area contributed by atoms with Crippen molar-refractivity contribution in [1.29, 1.82) is 0 Å². The van der Waals surface area contributed by atoms with Crippen LogP contribution in [0.4, 0.5) is 17.1 Å². The van der Waals surface area contributed by atoms with Crippen LogP contribution in [0.25, 0.3) is 97.7 Å². The minimum atomic E-state index is 0.602. The molecule has 6 heteroatoms. The van der Waals surface area contributed by atoms with E-state index in [9.17, 15) is 0 Å². The van der Waals surface area contributed by atoms with Crippen LogP contribution in [0.1, 0.15) is 0 Å². The van der Waals surface area contributed by atoms with Crippen LogP contribution in [0.15, 0.2) is 183 Å². The molecule has 5 nitrogen and oxygen atoms in total. The Morgan fingerprint density at radius 1 is 0.400 bits per heavy atom. The van der Waals surface area contributed by atoms with Crippen LogP contribution in [0.5, 0.6) is 0 Å². The molecule has 4 aromatic heterocycles. The molecule has 8 aromatic carbocycles. The van der Waals surface area contributed by atoms with Gasteiger partial charge in [0, 0.05) is 59.0 Å². The number of thiophene rings is 1. The Morgan fingerprint density at radius 3 is 1.98 bits per heavy atom. The summed E-state index contributed by atoms with van der Waals surface area (Å²) in [6.07, 6.45) is 0. The molecule has 0 spiro atoms. The van der Waals surface area contributed by atoms with E-state index in [1.165, 1.54) is 20.2 Å². The standard InChI is InChI=1S/C49H28N2O3S/c1-2-8-30(9-3-1)49-50-40-23-25-43-47(48(40)54-49)38-21-16-31(26-44(38)53-43)29-14-17-32(18-15-29)51(33-20-24-42-39(27-33)35-10-4-6-12-41(35)52-42)34-19-22-37-36-11-5-7-13-45(36)55-46(37)28-34/h1-28H. The minimum absolute atomic E-state index is 0.602. The first-order valence-corrected chi connectivity index (χ1v) is 19.1. The van der Waals surface area contributed by atoms with Gasteiger partial charge in [0.05, 0.1) is 5.39 Å². The van der Waals surface area contributed by atoms with Crippen molar-refractivity contribution in [2.45, 2.75) is 0 Å². The largest absolute Gasteiger partial charge is 0.456 e. The van der Waals surface area contributed by atoms with E-state index in [1.807, 2.05) is 65.9 Å². The molecule has 0 aliphatic rings.